The fraction of sp³-hybridized carbons (Fsp3) is 0.143. The SMILES string of the molecule is C1=CC2=NCSC2=CN=C1. The van der Waals surface area contributed by atoms with Crippen LogP contribution in [0.5, 0.6) is 0 Å². The number of hydrogen-bond donors (Lipinski definition) is 0. The van der Waals surface area contributed by atoms with Crippen LogP contribution in [0.3, 0.4) is 0 Å². The van der Waals surface area contributed by atoms with Gasteiger partial charge in [-0.1, -0.05) is 11.8 Å². The molecule has 3 heteroatoms. The van der Waals surface area contributed by atoms with Crippen molar-refractivity contribution in [2.75, 3.05) is 5.88 Å². The summed E-state index contributed by atoms with van der Waals surface area (Å²) in [5, 5.41) is 0. The second-order valence-corrected chi connectivity index (χ2v) is 2.95. The molecule has 0 unspecified atom stereocenters. The van der Waals surface area contributed by atoms with E-state index in [2.05, 4.69) is 9.98 Å². The van der Waals surface area contributed by atoms with Crippen LogP contribution in [0.15, 0.2) is 33.2 Å². The standard InChI is InChI=1S/C7H6N2S/c1-2-6-7(4-8-3-1)10-5-9-6/h1-4H,5H2. The van der Waals surface area contributed by atoms with E-state index >= 15 is 0 Å². The lowest BCUT2D eigenvalue weighted by Crippen LogP contribution is -1.87. The molecule has 2 aliphatic rings. The molecule has 2 aliphatic heterocycles. The Balaban J connectivity index is 2.42. The molecule has 0 spiro atoms. The summed E-state index contributed by atoms with van der Waals surface area (Å²) in [5.41, 5.74) is 1.07. The van der Waals surface area contributed by atoms with Crippen molar-refractivity contribution in [3.63, 3.8) is 0 Å². The number of nitrogens with zero attached hydrogens (tertiary/aromatic N) is 2. The van der Waals surface area contributed by atoms with Crippen LogP contribution in [0.4, 0.5) is 0 Å². The lowest BCUT2D eigenvalue weighted by atomic mass is 10.3. The molecule has 0 aromatic rings. The summed E-state index contributed by atoms with van der Waals surface area (Å²) in [7, 11) is 0. The summed E-state index contributed by atoms with van der Waals surface area (Å²) in [4.78, 5) is 9.49. The second kappa shape index (κ2) is 2.42. The van der Waals surface area contributed by atoms with Gasteiger partial charge in [0.1, 0.15) is 0 Å². The van der Waals surface area contributed by atoms with Crippen molar-refractivity contribution in [2.45, 2.75) is 0 Å². The first kappa shape index (κ1) is 5.92. The molecule has 0 amide bonds. The molecule has 2 heterocycles. The minimum atomic E-state index is 0.848. The maximum absolute atomic E-state index is 4.26. The fourth-order valence-electron chi connectivity index (χ4n) is 0.856. The average Bonchev–Trinajstić information content (AvgIpc) is 2.28. The first-order valence-corrected chi connectivity index (χ1v) is 4.03. The molecule has 10 heavy (non-hydrogen) atoms. The Kier molecular flexibility index (Phi) is 1.43. The van der Waals surface area contributed by atoms with E-state index in [1.54, 1.807) is 18.0 Å². The maximum atomic E-state index is 4.26. The molecule has 0 aromatic carbocycles. The molecule has 0 fully saturated rings. The van der Waals surface area contributed by atoms with Gasteiger partial charge in [0, 0.05) is 12.4 Å². The quantitative estimate of drug-likeness (QED) is 0.515. The first-order valence-electron chi connectivity index (χ1n) is 3.04. The molecule has 2 rings (SSSR count). The molecule has 0 radical (unpaired) electrons. The topological polar surface area (TPSA) is 24.7 Å². The Labute approximate surface area is 63.5 Å². The van der Waals surface area contributed by atoms with Gasteiger partial charge in [-0.2, -0.15) is 0 Å². The van der Waals surface area contributed by atoms with Crippen LogP contribution in [0.25, 0.3) is 0 Å². The van der Waals surface area contributed by atoms with Gasteiger partial charge in [0.05, 0.1) is 16.5 Å². The highest BCUT2D eigenvalue weighted by Gasteiger charge is 2.10. The van der Waals surface area contributed by atoms with E-state index in [9.17, 15) is 0 Å². The van der Waals surface area contributed by atoms with Gasteiger partial charge in [-0.3, -0.25) is 9.98 Å². The molecule has 0 N–H and O–H groups in total. The van der Waals surface area contributed by atoms with Gasteiger partial charge in [-0.15, -0.1) is 0 Å². The minimum Gasteiger partial charge on any atom is -0.273 e. The van der Waals surface area contributed by atoms with Crippen molar-refractivity contribution in [3.8, 4) is 0 Å². The molecule has 2 nitrogen and oxygen atoms in total. The molecule has 0 aliphatic carbocycles. The largest absolute Gasteiger partial charge is 0.273 e. The lowest BCUT2D eigenvalue weighted by molar-refractivity contribution is 1.41. The highest BCUT2D eigenvalue weighted by molar-refractivity contribution is 8.04. The number of thioether (sulfide) groups is 1. The molecule has 0 saturated heterocycles. The predicted octanol–water partition coefficient (Wildman–Crippen LogP) is 1.61. The van der Waals surface area contributed by atoms with Gasteiger partial charge in [-0.05, 0) is 12.2 Å². The first-order chi connectivity index (χ1) is 4.97. The zero-order chi connectivity index (χ0) is 6.81. The number of hydrogen-bond acceptors (Lipinski definition) is 3. The molecular formula is C7H6N2S. The monoisotopic (exact) mass is 150 g/mol. The van der Waals surface area contributed by atoms with Crippen LogP contribution >= 0.6 is 11.8 Å². The zero-order valence-corrected chi connectivity index (χ0v) is 6.14. The van der Waals surface area contributed by atoms with E-state index in [0.717, 1.165) is 11.6 Å². The third-order valence-corrected chi connectivity index (χ3v) is 2.21. The van der Waals surface area contributed by atoms with Crippen LogP contribution in [0.1, 0.15) is 0 Å². The van der Waals surface area contributed by atoms with Crippen LogP contribution in [0, 0.1) is 0 Å². The van der Waals surface area contributed by atoms with Crippen LogP contribution in [-0.2, 0) is 0 Å². The summed E-state index contributed by atoms with van der Waals surface area (Å²) in [6.07, 6.45) is 7.53. The van der Waals surface area contributed by atoms with Crippen molar-refractivity contribution in [2.24, 2.45) is 9.98 Å². The van der Waals surface area contributed by atoms with Crippen LogP contribution < -0.4 is 0 Å². The van der Waals surface area contributed by atoms with E-state index in [1.165, 1.54) is 4.91 Å². The zero-order valence-electron chi connectivity index (χ0n) is 5.32. The Morgan fingerprint density at radius 3 is 3.50 bits per heavy atom. The average molecular weight is 150 g/mol. The summed E-state index contributed by atoms with van der Waals surface area (Å²) in [6, 6.07) is 0. The Hall–Kier alpha value is -0.830. The van der Waals surface area contributed by atoms with Gasteiger partial charge in [0.2, 0.25) is 0 Å². The van der Waals surface area contributed by atoms with Crippen molar-refractivity contribution in [3.05, 3.63) is 23.3 Å². The molecule has 0 saturated carbocycles. The van der Waals surface area contributed by atoms with Crippen molar-refractivity contribution in [1.82, 2.24) is 0 Å². The van der Waals surface area contributed by atoms with Gasteiger partial charge < -0.3 is 0 Å². The number of fused-ring (bicyclic) bond motifs is 1. The van der Waals surface area contributed by atoms with E-state index in [0.29, 0.717) is 0 Å². The molecule has 0 bridgehead atoms. The van der Waals surface area contributed by atoms with E-state index < -0.39 is 0 Å². The minimum absolute atomic E-state index is 0.848. The fourth-order valence-corrected chi connectivity index (χ4v) is 1.61. The third-order valence-electron chi connectivity index (χ3n) is 1.33. The number of aliphatic imine (C=N–C) groups is 2. The van der Waals surface area contributed by atoms with Crippen molar-refractivity contribution in [1.29, 1.82) is 0 Å². The van der Waals surface area contributed by atoms with E-state index in [4.69, 9.17) is 0 Å². The highest BCUT2D eigenvalue weighted by atomic mass is 32.2. The van der Waals surface area contributed by atoms with Gasteiger partial charge in [0.25, 0.3) is 0 Å². The second-order valence-electron chi connectivity index (χ2n) is 1.97. The third kappa shape index (κ3) is 0.926. The van der Waals surface area contributed by atoms with Crippen molar-refractivity contribution < 1.29 is 0 Å². The smallest absolute Gasteiger partial charge is 0.0899 e. The van der Waals surface area contributed by atoms with Gasteiger partial charge in [-0.25, -0.2) is 0 Å². The number of rotatable bonds is 0. The summed E-state index contributed by atoms with van der Waals surface area (Å²) < 4.78 is 0. The highest BCUT2D eigenvalue weighted by Crippen LogP contribution is 2.25. The molecular weight excluding hydrogens is 144 g/mol. The van der Waals surface area contributed by atoms with Gasteiger partial charge in [0.15, 0.2) is 0 Å². The van der Waals surface area contributed by atoms with Crippen LogP contribution in [0.2, 0.25) is 0 Å². The molecule has 0 aromatic heterocycles. The van der Waals surface area contributed by atoms with Gasteiger partial charge >= 0.3 is 0 Å². The van der Waals surface area contributed by atoms with Crippen LogP contribution in [-0.4, -0.2) is 17.8 Å². The number of allylic oxidation sites excluding steroid dienone is 3. The van der Waals surface area contributed by atoms with Crippen molar-refractivity contribution >= 4 is 23.7 Å². The summed E-state index contributed by atoms with van der Waals surface area (Å²) in [6.45, 7) is 0. The molecule has 0 atom stereocenters. The van der Waals surface area contributed by atoms with E-state index in [-0.39, 0.29) is 0 Å². The Morgan fingerprint density at radius 2 is 2.50 bits per heavy atom. The normalized spacial score (nSPS) is 21.6. The Bertz CT molecular complexity index is 261. The lowest BCUT2D eigenvalue weighted by Gasteiger charge is -1.89. The maximum Gasteiger partial charge on any atom is 0.0899 e. The molecule has 50 valence electrons. The Morgan fingerprint density at radius 1 is 1.50 bits per heavy atom. The van der Waals surface area contributed by atoms with E-state index in [1.807, 2.05) is 18.4 Å². The summed E-state index contributed by atoms with van der Waals surface area (Å²) >= 11 is 1.73. The summed E-state index contributed by atoms with van der Waals surface area (Å²) in [5.74, 6) is 0.848. The predicted molar refractivity (Wildman–Crippen MR) is 45.6 cm³/mol.